The topological polar surface area (TPSA) is 40.5 Å². The minimum atomic E-state index is -0.913. The van der Waals surface area contributed by atoms with Crippen LogP contribution in [-0.4, -0.2) is 28.6 Å². The van der Waals surface area contributed by atoms with E-state index in [2.05, 4.69) is 31.7 Å². The van der Waals surface area contributed by atoms with Gasteiger partial charge in [0.05, 0.1) is 0 Å². The monoisotopic (exact) mass is 261 g/mol. The first kappa shape index (κ1) is 15.4. The number of rotatable bonds is 7. The zero-order valence-corrected chi connectivity index (χ0v) is 12.0. The van der Waals surface area contributed by atoms with Crippen LogP contribution in [0.4, 0.5) is 0 Å². The third-order valence-electron chi connectivity index (χ3n) is 3.08. The zero-order valence-electron chi connectivity index (χ0n) is 12.0. The SMILES string of the molecule is CCCN(Cc1ccccc1C=CC(=O)O)C(C)C. The molecule has 0 radical (unpaired) electrons. The van der Waals surface area contributed by atoms with Crippen molar-refractivity contribution in [3.63, 3.8) is 0 Å². The van der Waals surface area contributed by atoms with Crippen molar-refractivity contribution in [2.75, 3.05) is 6.54 Å². The van der Waals surface area contributed by atoms with E-state index in [1.165, 1.54) is 11.6 Å². The van der Waals surface area contributed by atoms with Gasteiger partial charge in [0.2, 0.25) is 0 Å². The predicted octanol–water partition coefficient (Wildman–Crippen LogP) is 3.40. The second kappa shape index (κ2) is 7.74. The lowest BCUT2D eigenvalue weighted by Crippen LogP contribution is -2.31. The van der Waals surface area contributed by atoms with Gasteiger partial charge in [0, 0.05) is 18.7 Å². The molecule has 0 bridgehead atoms. The molecule has 0 unspecified atom stereocenters. The molecule has 19 heavy (non-hydrogen) atoms. The third kappa shape index (κ3) is 5.26. The molecule has 0 aromatic heterocycles. The van der Waals surface area contributed by atoms with Gasteiger partial charge in [0.25, 0.3) is 0 Å². The molecule has 0 atom stereocenters. The number of hydrogen-bond donors (Lipinski definition) is 1. The molecular formula is C16H23NO2. The van der Waals surface area contributed by atoms with E-state index in [-0.39, 0.29) is 0 Å². The second-order valence-electron chi connectivity index (χ2n) is 4.93. The van der Waals surface area contributed by atoms with Gasteiger partial charge in [-0.3, -0.25) is 4.90 Å². The van der Waals surface area contributed by atoms with E-state index in [0.717, 1.165) is 25.1 Å². The summed E-state index contributed by atoms with van der Waals surface area (Å²) in [6.07, 6.45) is 3.98. The fraction of sp³-hybridized carbons (Fsp3) is 0.438. The van der Waals surface area contributed by atoms with Crippen LogP contribution >= 0.6 is 0 Å². The Morgan fingerprint density at radius 3 is 2.63 bits per heavy atom. The number of nitrogens with zero attached hydrogens (tertiary/aromatic N) is 1. The fourth-order valence-corrected chi connectivity index (χ4v) is 2.03. The van der Waals surface area contributed by atoms with Gasteiger partial charge in [-0.05, 0) is 44.0 Å². The lowest BCUT2D eigenvalue weighted by Gasteiger charge is -2.26. The Kier molecular flexibility index (Phi) is 6.30. The van der Waals surface area contributed by atoms with Crippen LogP contribution in [0.25, 0.3) is 6.08 Å². The molecule has 1 aromatic rings. The van der Waals surface area contributed by atoms with E-state index in [1.807, 2.05) is 18.2 Å². The zero-order chi connectivity index (χ0) is 14.3. The van der Waals surface area contributed by atoms with Crippen LogP contribution in [0.3, 0.4) is 0 Å². The smallest absolute Gasteiger partial charge is 0.328 e. The van der Waals surface area contributed by atoms with Crippen molar-refractivity contribution in [3.05, 3.63) is 41.5 Å². The fourth-order valence-electron chi connectivity index (χ4n) is 2.03. The molecule has 0 aliphatic heterocycles. The van der Waals surface area contributed by atoms with Crippen molar-refractivity contribution >= 4 is 12.0 Å². The van der Waals surface area contributed by atoms with Crippen molar-refractivity contribution in [3.8, 4) is 0 Å². The van der Waals surface area contributed by atoms with Crippen LogP contribution < -0.4 is 0 Å². The quantitative estimate of drug-likeness (QED) is 0.765. The van der Waals surface area contributed by atoms with E-state index >= 15 is 0 Å². The Morgan fingerprint density at radius 2 is 2.05 bits per heavy atom. The molecule has 3 heteroatoms. The predicted molar refractivity (Wildman–Crippen MR) is 78.9 cm³/mol. The van der Waals surface area contributed by atoms with Crippen LogP contribution in [0, 0.1) is 0 Å². The Labute approximate surface area is 115 Å². The number of carbonyl (C=O) groups is 1. The Bertz CT molecular complexity index is 438. The maximum absolute atomic E-state index is 10.6. The molecular weight excluding hydrogens is 238 g/mol. The van der Waals surface area contributed by atoms with Gasteiger partial charge >= 0.3 is 5.97 Å². The second-order valence-corrected chi connectivity index (χ2v) is 4.93. The van der Waals surface area contributed by atoms with Crippen LogP contribution in [0.2, 0.25) is 0 Å². The number of hydrogen-bond acceptors (Lipinski definition) is 2. The van der Waals surface area contributed by atoms with E-state index in [4.69, 9.17) is 5.11 Å². The van der Waals surface area contributed by atoms with Gasteiger partial charge < -0.3 is 5.11 Å². The van der Waals surface area contributed by atoms with Crippen molar-refractivity contribution in [2.45, 2.75) is 39.8 Å². The minimum Gasteiger partial charge on any atom is -0.478 e. The summed E-state index contributed by atoms with van der Waals surface area (Å²) in [4.78, 5) is 13.0. The van der Waals surface area contributed by atoms with Crippen LogP contribution in [0.1, 0.15) is 38.3 Å². The van der Waals surface area contributed by atoms with Crippen molar-refractivity contribution in [1.82, 2.24) is 4.90 Å². The summed E-state index contributed by atoms with van der Waals surface area (Å²) >= 11 is 0. The van der Waals surface area contributed by atoms with Gasteiger partial charge in [-0.2, -0.15) is 0 Å². The van der Waals surface area contributed by atoms with E-state index in [0.29, 0.717) is 6.04 Å². The van der Waals surface area contributed by atoms with E-state index < -0.39 is 5.97 Å². The first-order valence-electron chi connectivity index (χ1n) is 6.77. The summed E-state index contributed by atoms with van der Waals surface area (Å²) in [6, 6.07) is 8.44. The molecule has 1 N–H and O–H groups in total. The maximum Gasteiger partial charge on any atom is 0.328 e. The Balaban J connectivity index is 2.90. The number of carboxylic acids is 1. The standard InChI is InChI=1S/C16H23NO2/c1-4-11-17(13(2)3)12-15-8-6-5-7-14(15)9-10-16(18)19/h5-10,13H,4,11-12H2,1-3H3,(H,18,19). The highest BCUT2D eigenvalue weighted by Crippen LogP contribution is 2.15. The molecule has 0 fully saturated rings. The molecule has 0 heterocycles. The summed E-state index contributed by atoms with van der Waals surface area (Å²) < 4.78 is 0. The molecule has 104 valence electrons. The van der Waals surface area contributed by atoms with Gasteiger partial charge in [-0.1, -0.05) is 31.2 Å². The largest absolute Gasteiger partial charge is 0.478 e. The number of benzene rings is 1. The lowest BCUT2D eigenvalue weighted by atomic mass is 10.1. The Hall–Kier alpha value is -1.61. The highest BCUT2D eigenvalue weighted by Gasteiger charge is 2.10. The Morgan fingerprint density at radius 1 is 1.37 bits per heavy atom. The van der Waals surface area contributed by atoms with Gasteiger partial charge in [-0.25, -0.2) is 4.79 Å². The van der Waals surface area contributed by atoms with Crippen molar-refractivity contribution < 1.29 is 9.90 Å². The molecule has 0 amide bonds. The van der Waals surface area contributed by atoms with Crippen molar-refractivity contribution in [2.24, 2.45) is 0 Å². The summed E-state index contributed by atoms with van der Waals surface area (Å²) in [6.45, 7) is 8.45. The first-order valence-corrected chi connectivity index (χ1v) is 6.77. The summed E-state index contributed by atoms with van der Waals surface area (Å²) in [5.41, 5.74) is 2.15. The summed E-state index contributed by atoms with van der Waals surface area (Å²) in [5.74, 6) is -0.913. The van der Waals surface area contributed by atoms with Gasteiger partial charge in [0.15, 0.2) is 0 Å². The molecule has 0 saturated heterocycles. The molecule has 1 aromatic carbocycles. The van der Waals surface area contributed by atoms with Gasteiger partial charge in [-0.15, -0.1) is 0 Å². The van der Waals surface area contributed by atoms with Crippen molar-refractivity contribution in [1.29, 1.82) is 0 Å². The van der Waals surface area contributed by atoms with E-state index in [9.17, 15) is 4.79 Å². The molecule has 1 rings (SSSR count). The molecule has 0 spiro atoms. The summed E-state index contributed by atoms with van der Waals surface area (Å²) in [5, 5.41) is 8.72. The lowest BCUT2D eigenvalue weighted by molar-refractivity contribution is -0.131. The highest BCUT2D eigenvalue weighted by atomic mass is 16.4. The normalized spacial score (nSPS) is 11.6. The molecule has 0 aliphatic carbocycles. The molecule has 0 aliphatic rings. The maximum atomic E-state index is 10.6. The first-order chi connectivity index (χ1) is 9.04. The highest BCUT2D eigenvalue weighted by molar-refractivity contribution is 5.85. The molecule has 0 saturated carbocycles. The average Bonchev–Trinajstić information content (AvgIpc) is 2.37. The number of carboxylic acid groups (broad SMARTS) is 1. The molecule has 3 nitrogen and oxygen atoms in total. The third-order valence-corrected chi connectivity index (χ3v) is 3.08. The van der Waals surface area contributed by atoms with Crippen LogP contribution in [-0.2, 0) is 11.3 Å². The van der Waals surface area contributed by atoms with Crippen LogP contribution in [0.15, 0.2) is 30.3 Å². The minimum absolute atomic E-state index is 0.483. The number of aliphatic carboxylic acids is 1. The van der Waals surface area contributed by atoms with Crippen LogP contribution in [0.5, 0.6) is 0 Å². The average molecular weight is 261 g/mol. The van der Waals surface area contributed by atoms with E-state index in [1.54, 1.807) is 6.08 Å². The van der Waals surface area contributed by atoms with Gasteiger partial charge in [0.1, 0.15) is 0 Å². The summed E-state index contributed by atoms with van der Waals surface area (Å²) in [7, 11) is 0.